The Hall–Kier alpha value is -2.84. The first kappa shape index (κ1) is 20.9. The number of thiocarbonyl (C=S) groups is 1. The third-order valence-corrected chi connectivity index (χ3v) is 5.26. The highest BCUT2D eigenvalue weighted by molar-refractivity contribution is 7.80. The van der Waals surface area contributed by atoms with Crippen molar-refractivity contribution in [1.29, 1.82) is 0 Å². The van der Waals surface area contributed by atoms with Gasteiger partial charge in [0.2, 0.25) is 0 Å². The summed E-state index contributed by atoms with van der Waals surface area (Å²) in [5, 5.41) is 6.43. The van der Waals surface area contributed by atoms with Crippen LogP contribution in [-0.2, 0) is 4.74 Å². The highest BCUT2D eigenvalue weighted by atomic mass is 32.1. The average Bonchev–Trinajstić information content (AvgIpc) is 3.01. The number of rotatable bonds is 5. The van der Waals surface area contributed by atoms with Gasteiger partial charge in [0.15, 0.2) is 16.7 Å². The van der Waals surface area contributed by atoms with E-state index in [1.807, 2.05) is 37.3 Å². The summed E-state index contributed by atoms with van der Waals surface area (Å²) in [6.45, 7) is 3.88. The van der Waals surface area contributed by atoms with Crippen LogP contribution in [0.25, 0.3) is 11.1 Å². The van der Waals surface area contributed by atoms with Gasteiger partial charge in [-0.25, -0.2) is 13.6 Å². The summed E-state index contributed by atoms with van der Waals surface area (Å²) in [6, 6.07) is 12.9. The summed E-state index contributed by atoms with van der Waals surface area (Å²) in [5.74, 6) is -2.39. The van der Waals surface area contributed by atoms with Crippen LogP contribution in [0.1, 0.15) is 22.2 Å². The van der Waals surface area contributed by atoms with Crippen molar-refractivity contribution in [3.05, 3.63) is 70.6 Å². The maximum absolute atomic E-state index is 13.4. The first-order valence-electron chi connectivity index (χ1n) is 8.79. The lowest BCUT2D eigenvalue weighted by Crippen LogP contribution is -2.20. The van der Waals surface area contributed by atoms with E-state index in [2.05, 4.69) is 10.6 Å². The van der Waals surface area contributed by atoms with Crippen LogP contribution >= 0.6 is 23.6 Å². The molecule has 0 unspecified atom stereocenters. The van der Waals surface area contributed by atoms with E-state index >= 15 is 0 Å². The summed E-state index contributed by atoms with van der Waals surface area (Å²) < 4.78 is 31.8. The van der Waals surface area contributed by atoms with Gasteiger partial charge in [-0.05, 0) is 43.8 Å². The zero-order valence-corrected chi connectivity index (χ0v) is 17.3. The number of hydrogen-bond acceptors (Lipinski definition) is 4. The molecule has 0 saturated carbocycles. The van der Waals surface area contributed by atoms with Gasteiger partial charge in [0.05, 0.1) is 6.61 Å². The van der Waals surface area contributed by atoms with Gasteiger partial charge in [0.25, 0.3) is 0 Å². The second kappa shape index (κ2) is 9.11. The molecule has 0 aliphatic rings. The predicted molar refractivity (Wildman–Crippen MR) is 117 cm³/mol. The number of carbonyl (C=O) groups excluding carboxylic acids is 1. The van der Waals surface area contributed by atoms with Crippen molar-refractivity contribution in [3.63, 3.8) is 0 Å². The first-order chi connectivity index (χ1) is 13.9. The van der Waals surface area contributed by atoms with Crippen LogP contribution in [0.4, 0.5) is 19.5 Å². The molecule has 8 heteroatoms. The van der Waals surface area contributed by atoms with Crippen molar-refractivity contribution in [3.8, 4) is 11.1 Å². The van der Waals surface area contributed by atoms with Gasteiger partial charge < -0.3 is 15.4 Å². The number of aryl methyl sites for hydroxylation is 1. The molecular weight excluding hydrogens is 414 g/mol. The van der Waals surface area contributed by atoms with Crippen LogP contribution in [0.2, 0.25) is 0 Å². The maximum atomic E-state index is 13.4. The first-order valence-corrected chi connectivity index (χ1v) is 10.0. The molecule has 1 heterocycles. The number of esters is 1. The van der Waals surface area contributed by atoms with Crippen molar-refractivity contribution in [2.24, 2.45) is 0 Å². The molecule has 4 nitrogen and oxygen atoms in total. The van der Waals surface area contributed by atoms with Crippen LogP contribution in [0.5, 0.6) is 0 Å². The highest BCUT2D eigenvalue weighted by Gasteiger charge is 2.25. The Labute approximate surface area is 176 Å². The molecule has 3 aromatic rings. The van der Waals surface area contributed by atoms with Gasteiger partial charge in [-0.1, -0.05) is 30.3 Å². The lowest BCUT2D eigenvalue weighted by atomic mass is 10.0. The van der Waals surface area contributed by atoms with Crippen molar-refractivity contribution in [1.82, 2.24) is 0 Å². The molecular formula is C21H18F2N2O2S2. The summed E-state index contributed by atoms with van der Waals surface area (Å²) in [4.78, 5) is 13.6. The van der Waals surface area contributed by atoms with E-state index in [0.717, 1.165) is 28.1 Å². The molecule has 0 aliphatic heterocycles. The van der Waals surface area contributed by atoms with E-state index in [-0.39, 0.29) is 17.4 Å². The Morgan fingerprint density at radius 1 is 1.10 bits per heavy atom. The molecule has 1 aromatic heterocycles. The second-order valence-corrected chi connectivity index (χ2v) is 7.66. The van der Waals surface area contributed by atoms with Crippen molar-refractivity contribution in [2.75, 3.05) is 17.2 Å². The van der Waals surface area contributed by atoms with E-state index in [1.165, 1.54) is 17.4 Å². The normalized spacial score (nSPS) is 10.5. The minimum absolute atomic E-state index is 0.141. The molecule has 0 atom stereocenters. The number of nitrogens with one attached hydrogen (secondary N) is 2. The van der Waals surface area contributed by atoms with Crippen LogP contribution in [0.3, 0.4) is 0 Å². The molecule has 0 aliphatic carbocycles. The van der Waals surface area contributed by atoms with Crippen molar-refractivity contribution >= 4 is 45.3 Å². The SMILES string of the molecule is CCOC(=O)c1c(NC(=S)Nc2ccc(F)c(F)c2)sc(C)c1-c1ccccc1. The van der Waals surface area contributed by atoms with E-state index in [0.29, 0.717) is 10.6 Å². The summed E-state index contributed by atoms with van der Waals surface area (Å²) in [5.41, 5.74) is 2.33. The minimum atomic E-state index is -0.983. The molecule has 2 N–H and O–H groups in total. The average molecular weight is 433 g/mol. The Morgan fingerprint density at radius 3 is 2.48 bits per heavy atom. The summed E-state index contributed by atoms with van der Waals surface area (Å²) in [7, 11) is 0. The standard InChI is InChI=1S/C21H18F2N2O2S2/c1-3-27-20(26)18-17(13-7-5-4-6-8-13)12(2)29-19(18)25-21(28)24-14-9-10-15(22)16(23)11-14/h4-11H,3H2,1-2H3,(H2,24,25,28). The lowest BCUT2D eigenvalue weighted by molar-refractivity contribution is 0.0529. The molecule has 0 amide bonds. The fourth-order valence-corrected chi connectivity index (χ4v) is 4.18. The summed E-state index contributed by atoms with van der Waals surface area (Å²) >= 11 is 6.65. The Kier molecular flexibility index (Phi) is 6.56. The lowest BCUT2D eigenvalue weighted by Gasteiger charge is -2.12. The molecule has 0 spiro atoms. The van der Waals surface area contributed by atoms with Gasteiger partial charge in [-0.15, -0.1) is 11.3 Å². The monoisotopic (exact) mass is 432 g/mol. The van der Waals surface area contributed by atoms with E-state index < -0.39 is 17.6 Å². The smallest absolute Gasteiger partial charge is 0.341 e. The molecule has 150 valence electrons. The van der Waals surface area contributed by atoms with Crippen LogP contribution < -0.4 is 10.6 Å². The van der Waals surface area contributed by atoms with E-state index in [1.54, 1.807) is 6.92 Å². The molecule has 0 fully saturated rings. The number of anilines is 2. The molecule has 0 saturated heterocycles. The largest absolute Gasteiger partial charge is 0.462 e. The second-order valence-electron chi connectivity index (χ2n) is 6.03. The maximum Gasteiger partial charge on any atom is 0.341 e. The molecule has 0 bridgehead atoms. The van der Waals surface area contributed by atoms with Crippen LogP contribution in [0.15, 0.2) is 48.5 Å². The third-order valence-electron chi connectivity index (χ3n) is 4.03. The fraction of sp³-hybridized carbons (Fsp3) is 0.143. The van der Waals surface area contributed by atoms with Crippen LogP contribution in [0, 0.1) is 18.6 Å². The zero-order chi connectivity index (χ0) is 21.0. The number of halogens is 2. The Balaban J connectivity index is 1.93. The third kappa shape index (κ3) is 4.78. The van der Waals surface area contributed by atoms with Gasteiger partial charge in [-0.2, -0.15) is 0 Å². The Bertz CT molecular complexity index is 1050. The van der Waals surface area contributed by atoms with Gasteiger partial charge in [0, 0.05) is 22.2 Å². The zero-order valence-electron chi connectivity index (χ0n) is 15.7. The van der Waals surface area contributed by atoms with Crippen molar-refractivity contribution in [2.45, 2.75) is 13.8 Å². The fourth-order valence-electron chi connectivity index (χ4n) is 2.82. The van der Waals surface area contributed by atoms with E-state index in [9.17, 15) is 13.6 Å². The number of carbonyl (C=O) groups is 1. The van der Waals surface area contributed by atoms with Crippen molar-refractivity contribution < 1.29 is 18.3 Å². The van der Waals surface area contributed by atoms with E-state index in [4.69, 9.17) is 17.0 Å². The number of hydrogen-bond donors (Lipinski definition) is 2. The highest BCUT2D eigenvalue weighted by Crippen LogP contribution is 2.40. The number of benzene rings is 2. The van der Waals surface area contributed by atoms with Crippen LogP contribution in [-0.4, -0.2) is 17.7 Å². The molecule has 29 heavy (non-hydrogen) atoms. The minimum Gasteiger partial charge on any atom is -0.462 e. The number of ether oxygens (including phenoxy) is 1. The molecule has 0 radical (unpaired) electrons. The van der Waals surface area contributed by atoms with Gasteiger partial charge in [0.1, 0.15) is 10.6 Å². The van der Waals surface area contributed by atoms with Gasteiger partial charge in [-0.3, -0.25) is 0 Å². The Morgan fingerprint density at radius 2 is 1.83 bits per heavy atom. The number of thiophene rings is 1. The summed E-state index contributed by atoms with van der Waals surface area (Å²) in [6.07, 6.45) is 0. The topological polar surface area (TPSA) is 50.4 Å². The quantitative estimate of drug-likeness (QED) is 0.383. The molecule has 3 rings (SSSR count). The predicted octanol–water partition coefficient (Wildman–Crippen LogP) is 5.99. The van der Waals surface area contributed by atoms with Gasteiger partial charge >= 0.3 is 5.97 Å². The molecule has 2 aromatic carbocycles.